The SMILES string of the molecule is CC1(C)c2ccccc2C(=O)c2cc(-c3cccc(-n4c5ccccc5c5cc6oc7ccccc7c6cc54)c3)ccc21. The molecule has 0 atom stereocenters. The van der Waals surface area contributed by atoms with Crippen molar-refractivity contribution in [2.45, 2.75) is 19.3 Å². The fourth-order valence-electron chi connectivity index (χ4n) is 7.26. The van der Waals surface area contributed by atoms with Crippen LogP contribution in [0, 0.1) is 0 Å². The summed E-state index contributed by atoms with van der Waals surface area (Å²) in [4.78, 5) is 13.7. The Labute approximate surface area is 248 Å². The summed E-state index contributed by atoms with van der Waals surface area (Å²) in [5, 5.41) is 4.57. The third-order valence-corrected chi connectivity index (χ3v) is 9.39. The van der Waals surface area contributed by atoms with Gasteiger partial charge in [-0.05, 0) is 64.7 Å². The molecule has 3 heteroatoms. The summed E-state index contributed by atoms with van der Waals surface area (Å²) in [6.07, 6.45) is 0. The van der Waals surface area contributed by atoms with E-state index in [1.54, 1.807) is 0 Å². The van der Waals surface area contributed by atoms with Crippen LogP contribution >= 0.6 is 0 Å². The van der Waals surface area contributed by atoms with Crippen LogP contribution in [-0.4, -0.2) is 10.4 Å². The molecule has 6 aromatic carbocycles. The van der Waals surface area contributed by atoms with Crippen molar-refractivity contribution in [3.63, 3.8) is 0 Å². The summed E-state index contributed by atoms with van der Waals surface area (Å²) in [5.41, 5.74) is 10.8. The van der Waals surface area contributed by atoms with Crippen molar-refractivity contribution in [2.24, 2.45) is 0 Å². The van der Waals surface area contributed by atoms with Crippen LogP contribution in [0.25, 0.3) is 60.6 Å². The Kier molecular flexibility index (Phi) is 4.82. The monoisotopic (exact) mass is 553 g/mol. The highest BCUT2D eigenvalue weighted by atomic mass is 16.3. The van der Waals surface area contributed by atoms with Crippen LogP contribution in [0.2, 0.25) is 0 Å². The maximum atomic E-state index is 13.7. The molecule has 3 nitrogen and oxygen atoms in total. The standard InChI is InChI=1S/C40H27NO2/c1-40(2)33-15-6-3-14-29(33)39(42)32-21-25(18-19-34(32)40)24-10-9-11-26(20-24)41-35-16-7-4-12-27(35)30-23-38-31(22-36(30)41)28-13-5-8-17-37(28)43-38/h3-23H,1-2H3. The van der Waals surface area contributed by atoms with Crippen molar-refractivity contribution in [1.82, 2.24) is 4.57 Å². The lowest BCUT2D eigenvalue weighted by Gasteiger charge is -2.34. The van der Waals surface area contributed by atoms with Gasteiger partial charge in [0.2, 0.25) is 0 Å². The summed E-state index contributed by atoms with van der Waals surface area (Å²) in [6, 6.07) is 44.3. The van der Waals surface area contributed by atoms with E-state index in [0.29, 0.717) is 0 Å². The molecule has 8 aromatic rings. The average Bonchev–Trinajstić information content (AvgIpc) is 3.57. The van der Waals surface area contributed by atoms with Gasteiger partial charge in [-0.15, -0.1) is 0 Å². The van der Waals surface area contributed by atoms with Gasteiger partial charge in [0, 0.05) is 43.8 Å². The molecule has 43 heavy (non-hydrogen) atoms. The van der Waals surface area contributed by atoms with E-state index in [9.17, 15) is 4.79 Å². The largest absolute Gasteiger partial charge is 0.456 e. The number of benzene rings is 6. The highest BCUT2D eigenvalue weighted by Crippen LogP contribution is 2.43. The molecule has 0 spiro atoms. The average molecular weight is 554 g/mol. The van der Waals surface area contributed by atoms with Crippen molar-refractivity contribution < 1.29 is 9.21 Å². The summed E-state index contributed by atoms with van der Waals surface area (Å²) in [7, 11) is 0. The first kappa shape index (κ1) is 24.2. The molecule has 0 radical (unpaired) electrons. The topological polar surface area (TPSA) is 35.1 Å². The van der Waals surface area contributed by atoms with E-state index in [4.69, 9.17) is 4.42 Å². The Hall–Kier alpha value is -5.41. The van der Waals surface area contributed by atoms with Crippen molar-refractivity contribution >= 4 is 49.5 Å². The molecule has 0 bridgehead atoms. The number of para-hydroxylation sites is 2. The molecule has 0 aliphatic heterocycles. The molecule has 0 saturated carbocycles. The van der Waals surface area contributed by atoms with Gasteiger partial charge in [0.1, 0.15) is 11.2 Å². The molecule has 1 aliphatic carbocycles. The molecular weight excluding hydrogens is 526 g/mol. The van der Waals surface area contributed by atoms with Gasteiger partial charge in [0.15, 0.2) is 5.78 Å². The second-order valence-electron chi connectivity index (χ2n) is 12.1. The minimum Gasteiger partial charge on any atom is -0.456 e. The summed E-state index contributed by atoms with van der Waals surface area (Å²) < 4.78 is 8.60. The molecule has 0 N–H and O–H groups in total. The number of carbonyl (C=O) groups excluding carboxylic acids is 1. The molecule has 2 heterocycles. The van der Waals surface area contributed by atoms with E-state index in [2.05, 4.69) is 115 Å². The van der Waals surface area contributed by atoms with Crippen molar-refractivity contribution in [1.29, 1.82) is 0 Å². The van der Waals surface area contributed by atoms with Crippen LogP contribution in [0.5, 0.6) is 0 Å². The van der Waals surface area contributed by atoms with Crippen LogP contribution in [0.4, 0.5) is 0 Å². The third kappa shape index (κ3) is 3.33. The Bertz CT molecular complexity index is 2450. The van der Waals surface area contributed by atoms with Gasteiger partial charge in [-0.2, -0.15) is 0 Å². The van der Waals surface area contributed by atoms with Crippen LogP contribution in [0.15, 0.2) is 132 Å². The van der Waals surface area contributed by atoms with Crippen LogP contribution in [0.1, 0.15) is 40.9 Å². The van der Waals surface area contributed by atoms with Gasteiger partial charge < -0.3 is 8.98 Å². The lowest BCUT2D eigenvalue weighted by Crippen LogP contribution is -2.30. The molecule has 9 rings (SSSR count). The number of furan rings is 1. The first-order chi connectivity index (χ1) is 21.0. The number of hydrogen-bond acceptors (Lipinski definition) is 2. The van der Waals surface area contributed by atoms with Crippen molar-refractivity contribution in [2.75, 3.05) is 0 Å². The zero-order valence-corrected chi connectivity index (χ0v) is 23.9. The minimum atomic E-state index is -0.244. The predicted octanol–water partition coefficient (Wildman–Crippen LogP) is 10.2. The second-order valence-corrected chi connectivity index (χ2v) is 12.1. The molecule has 0 amide bonds. The highest BCUT2D eigenvalue weighted by molar-refractivity contribution is 6.17. The van der Waals surface area contributed by atoms with Gasteiger partial charge in [-0.3, -0.25) is 4.79 Å². The van der Waals surface area contributed by atoms with Crippen LogP contribution in [0.3, 0.4) is 0 Å². The minimum absolute atomic E-state index is 0.0988. The first-order valence-corrected chi connectivity index (χ1v) is 14.7. The van der Waals surface area contributed by atoms with Crippen LogP contribution < -0.4 is 0 Å². The Morgan fingerprint density at radius 1 is 0.535 bits per heavy atom. The normalized spacial score (nSPS) is 14.0. The van der Waals surface area contributed by atoms with Gasteiger partial charge >= 0.3 is 0 Å². The van der Waals surface area contributed by atoms with E-state index in [-0.39, 0.29) is 11.2 Å². The van der Waals surface area contributed by atoms with Gasteiger partial charge in [-0.25, -0.2) is 0 Å². The number of fused-ring (bicyclic) bond motifs is 8. The molecule has 0 fully saturated rings. The number of carbonyl (C=O) groups is 1. The lowest BCUT2D eigenvalue weighted by atomic mass is 9.68. The maximum absolute atomic E-state index is 13.7. The third-order valence-electron chi connectivity index (χ3n) is 9.39. The Balaban J connectivity index is 1.24. The van der Waals surface area contributed by atoms with E-state index in [1.165, 1.54) is 5.39 Å². The van der Waals surface area contributed by atoms with E-state index >= 15 is 0 Å². The number of hydrogen-bond donors (Lipinski definition) is 0. The molecule has 0 saturated heterocycles. The molecule has 0 unspecified atom stereocenters. The number of nitrogens with zero attached hydrogens (tertiary/aromatic N) is 1. The number of rotatable bonds is 2. The molecule has 2 aromatic heterocycles. The van der Waals surface area contributed by atoms with E-state index < -0.39 is 0 Å². The van der Waals surface area contributed by atoms with Gasteiger partial charge in [0.05, 0.1) is 11.0 Å². The smallest absolute Gasteiger partial charge is 0.193 e. The van der Waals surface area contributed by atoms with Gasteiger partial charge in [0.25, 0.3) is 0 Å². The fourth-order valence-corrected chi connectivity index (χ4v) is 7.26. The highest BCUT2D eigenvalue weighted by Gasteiger charge is 2.36. The molecular formula is C40H27NO2. The predicted molar refractivity (Wildman–Crippen MR) is 175 cm³/mol. The van der Waals surface area contributed by atoms with E-state index in [1.807, 2.05) is 30.3 Å². The summed E-state index contributed by atoms with van der Waals surface area (Å²) in [6.45, 7) is 4.42. The lowest BCUT2D eigenvalue weighted by molar-refractivity contribution is 0.103. The van der Waals surface area contributed by atoms with Crippen molar-refractivity contribution in [3.8, 4) is 16.8 Å². The summed E-state index contributed by atoms with van der Waals surface area (Å²) in [5.74, 6) is 0.0988. The zero-order chi connectivity index (χ0) is 28.9. The van der Waals surface area contributed by atoms with Gasteiger partial charge in [-0.1, -0.05) is 98.8 Å². The van der Waals surface area contributed by atoms with Crippen molar-refractivity contribution in [3.05, 3.63) is 150 Å². The quantitative estimate of drug-likeness (QED) is 0.213. The molecule has 1 aliphatic rings. The number of aromatic nitrogens is 1. The Morgan fingerprint density at radius 3 is 2.19 bits per heavy atom. The summed E-state index contributed by atoms with van der Waals surface area (Å²) >= 11 is 0. The number of ketones is 1. The second kappa shape index (κ2) is 8.56. The van der Waals surface area contributed by atoms with E-state index in [0.717, 1.165) is 77.4 Å². The maximum Gasteiger partial charge on any atom is 0.193 e. The van der Waals surface area contributed by atoms with Crippen LogP contribution in [-0.2, 0) is 5.41 Å². The first-order valence-electron chi connectivity index (χ1n) is 14.7. The molecule has 204 valence electrons. The zero-order valence-electron chi connectivity index (χ0n) is 23.9. The Morgan fingerprint density at radius 2 is 1.28 bits per heavy atom. The fraction of sp³-hybridized carbons (Fsp3) is 0.0750.